The van der Waals surface area contributed by atoms with E-state index in [0.717, 1.165) is 0 Å². The van der Waals surface area contributed by atoms with Crippen LogP contribution in [0.15, 0.2) is 12.7 Å². The fourth-order valence-corrected chi connectivity index (χ4v) is 2.36. The molecule has 3 heterocycles. The molecule has 4 atom stereocenters. The molecule has 0 amide bonds. The molecule has 4 unspecified atom stereocenters. The molecule has 108 valence electrons. The van der Waals surface area contributed by atoms with Crippen LogP contribution in [0.25, 0.3) is 11.2 Å². The van der Waals surface area contributed by atoms with Crippen LogP contribution in [0.4, 0.5) is 5.82 Å². The summed E-state index contributed by atoms with van der Waals surface area (Å²) in [4.78, 5) is 14.4. The van der Waals surface area contributed by atoms with Crippen molar-refractivity contribution in [1.82, 2.24) is 19.5 Å². The molecule has 1 aliphatic rings. The number of nitrogens with zero attached hydrogens (tertiary/aromatic N) is 4. The number of aromatic nitrogens is 4. The highest BCUT2D eigenvalue weighted by molar-refractivity contribution is 6.24. The Labute approximate surface area is 117 Å². The lowest BCUT2D eigenvalue weighted by Crippen LogP contribution is -2.33. The molecule has 0 radical (unpaired) electrons. The minimum Gasteiger partial charge on any atom is -0.394 e. The van der Waals surface area contributed by atoms with Crippen LogP contribution in [0.2, 0.25) is 0 Å². The topological polar surface area (TPSA) is 126 Å². The van der Waals surface area contributed by atoms with Gasteiger partial charge in [-0.25, -0.2) is 15.0 Å². The van der Waals surface area contributed by atoms with Gasteiger partial charge in [0.25, 0.3) is 0 Å². The number of aliphatic hydroxyl groups is 3. The molecule has 0 aliphatic carbocycles. The number of aliphatic hydroxyl groups excluding tert-OH is 3. The van der Waals surface area contributed by atoms with E-state index >= 15 is 0 Å². The highest BCUT2D eigenvalue weighted by atomic mass is 35.5. The SMILES string of the molecule is OCC1OC(n2cnc3c(NCl)ncnc32)C(O)C1O. The van der Waals surface area contributed by atoms with Gasteiger partial charge >= 0.3 is 0 Å². The van der Waals surface area contributed by atoms with Gasteiger partial charge in [0, 0.05) is 11.8 Å². The van der Waals surface area contributed by atoms with Gasteiger partial charge in [0.05, 0.1) is 12.9 Å². The van der Waals surface area contributed by atoms with Gasteiger partial charge < -0.3 is 20.1 Å². The third kappa shape index (κ3) is 1.91. The predicted octanol–water partition coefficient (Wildman–Crippen LogP) is -0.997. The third-order valence-corrected chi connectivity index (χ3v) is 3.42. The molecule has 1 aliphatic heterocycles. The largest absolute Gasteiger partial charge is 0.394 e. The summed E-state index contributed by atoms with van der Waals surface area (Å²) < 4.78 is 6.88. The van der Waals surface area contributed by atoms with Gasteiger partial charge in [0.2, 0.25) is 0 Å². The summed E-state index contributed by atoms with van der Waals surface area (Å²) in [6, 6.07) is 0. The van der Waals surface area contributed by atoms with Crippen molar-refractivity contribution < 1.29 is 20.1 Å². The van der Waals surface area contributed by atoms with Crippen LogP contribution in [0.1, 0.15) is 6.23 Å². The Morgan fingerprint density at radius 3 is 2.75 bits per heavy atom. The summed E-state index contributed by atoms with van der Waals surface area (Å²) in [5, 5.41) is 28.9. The number of hydrogen-bond donors (Lipinski definition) is 4. The maximum atomic E-state index is 10.00. The lowest BCUT2D eigenvalue weighted by atomic mass is 10.1. The van der Waals surface area contributed by atoms with Gasteiger partial charge in [-0.2, -0.15) is 0 Å². The van der Waals surface area contributed by atoms with Crippen LogP contribution >= 0.6 is 11.8 Å². The predicted molar refractivity (Wildman–Crippen MR) is 67.8 cm³/mol. The zero-order chi connectivity index (χ0) is 14.3. The normalized spacial score (nSPS) is 30.0. The lowest BCUT2D eigenvalue weighted by Gasteiger charge is -2.16. The van der Waals surface area contributed by atoms with Crippen molar-refractivity contribution in [2.45, 2.75) is 24.5 Å². The minimum absolute atomic E-state index is 0.321. The van der Waals surface area contributed by atoms with E-state index in [9.17, 15) is 10.2 Å². The van der Waals surface area contributed by atoms with Gasteiger partial charge in [-0.1, -0.05) is 0 Å². The van der Waals surface area contributed by atoms with E-state index in [0.29, 0.717) is 17.0 Å². The molecule has 9 nitrogen and oxygen atoms in total. The molecule has 0 aromatic carbocycles. The second kappa shape index (κ2) is 5.11. The van der Waals surface area contributed by atoms with Crippen LogP contribution in [0, 0.1) is 0 Å². The van der Waals surface area contributed by atoms with Gasteiger partial charge in [-0.15, -0.1) is 0 Å². The van der Waals surface area contributed by atoms with Crippen LogP contribution < -0.4 is 4.84 Å². The molecule has 2 aromatic rings. The summed E-state index contributed by atoms with van der Waals surface area (Å²) >= 11 is 5.53. The van der Waals surface area contributed by atoms with Crippen LogP contribution in [0.5, 0.6) is 0 Å². The summed E-state index contributed by atoms with van der Waals surface area (Å²) in [7, 11) is 0. The Hall–Kier alpha value is -1.52. The second-order valence-electron chi connectivity index (χ2n) is 4.37. The van der Waals surface area contributed by atoms with Gasteiger partial charge in [0.1, 0.15) is 24.6 Å². The number of anilines is 1. The summed E-state index contributed by atoms with van der Waals surface area (Å²) in [6.45, 7) is -0.398. The highest BCUT2D eigenvalue weighted by Gasteiger charge is 2.43. The molecular formula is C10H12ClN5O4. The van der Waals surface area contributed by atoms with Crippen molar-refractivity contribution in [1.29, 1.82) is 0 Å². The van der Waals surface area contributed by atoms with E-state index < -0.39 is 31.1 Å². The fourth-order valence-electron chi connectivity index (χ4n) is 2.22. The molecule has 4 N–H and O–H groups in total. The molecule has 3 rings (SSSR count). The van der Waals surface area contributed by atoms with Gasteiger partial charge in [0.15, 0.2) is 23.2 Å². The first-order valence-electron chi connectivity index (χ1n) is 5.84. The van der Waals surface area contributed by atoms with Crippen molar-refractivity contribution in [3.8, 4) is 0 Å². The van der Waals surface area contributed by atoms with Crippen molar-refractivity contribution in [3.05, 3.63) is 12.7 Å². The second-order valence-corrected chi connectivity index (χ2v) is 4.56. The Morgan fingerprint density at radius 2 is 2.10 bits per heavy atom. The van der Waals surface area contributed by atoms with Crippen molar-refractivity contribution >= 4 is 28.8 Å². The number of hydrogen-bond acceptors (Lipinski definition) is 8. The smallest absolute Gasteiger partial charge is 0.172 e. The highest BCUT2D eigenvalue weighted by Crippen LogP contribution is 2.31. The van der Waals surface area contributed by atoms with Crippen LogP contribution in [0.3, 0.4) is 0 Å². The average molecular weight is 302 g/mol. The Balaban J connectivity index is 2.03. The number of rotatable bonds is 3. The summed E-state index contributed by atoms with van der Waals surface area (Å²) in [6.07, 6.45) is -1.46. The molecule has 0 spiro atoms. The maximum Gasteiger partial charge on any atom is 0.172 e. The van der Waals surface area contributed by atoms with E-state index in [2.05, 4.69) is 19.8 Å². The number of halogens is 1. The molecule has 0 saturated carbocycles. The summed E-state index contributed by atoms with van der Waals surface area (Å²) in [5.41, 5.74) is 0.790. The number of fused-ring (bicyclic) bond motifs is 1. The van der Waals surface area contributed by atoms with Crippen molar-refractivity contribution in [3.63, 3.8) is 0 Å². The van der Waals surface area contributed by atoms with Gasteiger partial charge in [-0.3, -0.25) is 9.40 Å². The molecule has 2 aromatic heterocycles. The quantitative estimate of drug-likeness (QED) is 0.532. The fraction of sp³-hybridized carbons (Fsp3) is 0.500. The zero-order valence-corrected chi connectivity index (χ0v) is 10.8. The number of imidazole rings is 1. The van der Waals surface area contributed by atoms with E-state index in [-0.39, 0.29) is 0 Å². The lowest BCUT2D eigenvalue weighted by molar-refractivity contribution is -0.0511. The molecular weight excluding hydrogens is 290 g/mol. The first kappa shape index (κ1) is 13.5. The summed E-state index contributed by atoms with van der Waals surface area (Å²) in [5.74, 6) is 0.321. The van der Waals surface area contributed by atoms with Gasteiger partial charge in [-0.05, 0) is 0 Å². The maximum absolute atomic E-state index is 10.00. The molecule has 0 bridgehead atoms. The Bertz CT molecular complexity index is 623. The molecule has 1 saturated heterocycles. The third-order valence-electron chi connectivity index (χ3n) is 3.24. The average Bonchev–Trinajstić information content (AvgIpc) is 3.01. The standard InChI is InChI=1S/C10H12ClN5O4/c11-15-8-5-9(13-2-12-8)16(3-14-5)10-7(19)6(18)4(1-17)20-10/h2-4,6-7,10,17-19H,1H2,(H,12,13,15). The zero-order valence-electron chi connectivity index (χ0n) is 10.1. The molecule has 1 fully saturated rings. The van der Waals surface area contributed by atoms with E-state index in [1.54, 1.807) is 0 Å². The first-order chi connectivity index (χ1) is 9.67. The Morgan fingerprint density at radius 1 is 1.30 bits per heavy atom. The first-order valence-corrected chi connectivity index (χ1v) is 6.21. The minimum atomic E-state index is -1.20. The molecule has 10 heteroatoms. The number of ether oxygens (including phenoxy) is 1. The molecule has 20 heavy (non-hydrogen) atoms. The number of nitrogens with one attached hydrogen (secondary N) is 1. The van der Waals surface area contributed by atoms with Crippen molar-refractivity contribution in [2.75, 3.05) is 11.4 Å². The van der Waals surface area contributed by atoms with E-state index in [1.807, 2.05) is 0 Å². The Kier molecular flexibility index (Phi) is 3.44. The monoisotopic (exact) mass is 301 g/mol. The van der Waals surface area contributed by atoms with Crippen molar-refractivity contribution in [2.24, 2.45) is 0 Å². The van der Waals surface area contributed by atoms with Crippen LogP contribution in [-0.4, -0.2) is 59.8 Å². The van der Waals surface area contributed by atoms with E-state index in [4.69, 9.17) is 21.6 Å². The van der Waals surface area contributed by atoms with Crippen LogP contribution in [-0.2, 0) is 4.74 Å². The van der Waals surface area contributed by atoms with E-state index in [1.165, 1.54) is 17.2 Å².